The number of rotatable bonds is 4. The van der Waals surface area contributed by atoms with Crippen LogP contribution in [-0.4, -0.2) is 40.0 Å². The summed E-state index contributed by atoms with van der Waals surface area (Å²) in [4.78, 5) is 23.6. The van der Waals surface area contributed by atoms with Crippen LogP contribution >= 0.6 is 0 Å². The summed E-state index contributed by atoms with van der Waals surface area (Å²) in [6.07, 6.45) is 2.88. The Labute approximate surface area is 138 Å². The molecule has 8 nitrogen and oxygen atoms in total. The molecule has 0 unspecified atom stereocenters. The summed E-state index contributed by atoms with van der Waals surface area (Å²) < 4.78 is 12.2. The van der Waals surface area contributed by atoms with Crippen molar-refractivity contribution >= 4 is 17.6 Å². The van der Waals surface area contributed by atoms with Crippen molar-refractivity contribution in [2.75, 3.05) is 18.5 Å². The van der Waals surface area contributed by atoms with Gasteiger partial charge in [-0.2, -0.15) is 5.10 Å². The van der Waals surface area contributed by atoms with Crippen molar-refractivity contribution < 1.29 is 24.2 Å². The second-order valence-corrected chi connectivity index (χ2v) is 5.85. The highest BCUT2D eigenvalue weighted by Gasteiger charge is 2.30. The molecule has 0 aliphatic carbocycles. The van der Waals surface area contributed by atoms with Crippen LogP contribution in [-0.2, 0) is 10.3 Å². The molecule has 2 aromatic rings. The molecule has 0 radical (unpaired) electrons. The first-order valence-electron chi connectivity index (χ1n) is 7.37. The van der Waals surface area contributed by atoms with Gasteiger partial charge in [0, 0.05) is 11.8 Å². The normalized spacial score (nSPS) is 13.4. The van der Waals surface area contributed by atoms with Crippen LogP contribution in [0.5, 0.6) is 11.5 Å². The monoisotopic (exact) mass is 331 g/mol. The van der Waals surface area contributed by atoms with E-state index < -0.39 is 11.5 Å². The van der Waals surface area contributed by atoms with Gasteiger partial charge in [0.25, 0.3) is 5.91 Å². The number of hydrogen-bond acceptors (Lipinski definition) is 5. The topological polar surface area (TPSA) is 103 Å². The molecule has 1 aromatic carbocycles. The van der Waals surface area contributed by atoms with Crippen LogP contribution in [0.4, 0.5) is 5.69 Å². The Bertz CT molecular complexity index is 797. The van der Waals surface area contributed by atoms with Crippen molar-refractivity contribution in [3.8, 4) is 11.5 Å². The predicted molar refractivity (Wildman–Crippen MR) is 84.6 cm³/mol. The lowest BCUT2D eigenvalue weighted by Gasteiger charge is -2.19. The van der Waals surface area contributed by atoms with Gasteiger partial charge in [0.2, 0.25) is 0 Å². The maximum Gasteiger partial charge on any atom is 0.331 e. The van der Waals surface area contributed by atoms with Crippen LogP contribution in [0.25, 0.3) is 0 Å². The molecule has 0 atom stereocenters. The van der Waals surface area contributed by atoms with E-state index in [9.17, 15) is 14.7 Å². The van der Waals surface area contributed by atoms with Gasteiger partial charge in [0.05, 0.1) is 11.9 Å². The fraction of sp³-hybridized carbons (Fsp3) is 0.312. The third-order valence-corrected chi connectivity index (χ3v) is 3.74. The quantitative estimate of drug-likeness (QED) is 0.884. The molecule has 2 N–H and O–H groups in total. The molecule has 8 heteroatoms. The SMILES string of the molecule is CC(C)(C(=O)O)n1cc(NC(=O)c2ccc3c(c2)OCCO3)cn1. The van der Waals surface area contributed by atoms with Crippen LogP contribution in [0.1, 0.15) is 24.2 Å². The molecule has 0 bridgehead atoms. The van der Waals surface area contributed by atoms with Gasteiger partial charge in [-0.05, 0) is 32.0 Å². The number of fused-ring (bicyclic) bond motifs is 1. The number of aliphatic carboxylic acids is 1. The van der Waals surface area contributed by atoms with Crippen molar-refractivity contribution in [3.63, 3.8) is 0 Å². The number of nitrogens with one attached hydrogen (secondary N) is 1. The first-order valence-corrected chi connectivity index (χ1v) is 7.37. The molecular formula is C16H17N3O5. The van der Waals surface area contributed by atoms with Gasteiger partial charge < -0.3 is 19.9 Å². The van der Waals surface area contributed by atoms with Gasteiger partial charge in [-0.15, -0.1) is 0 Å². The Kier molecular flexibility index (Phi) is 3.88. The zero-order chi connectivity index (χ0) is 17.3. The average molecular weight is 331 g/mol. The third kappa shape index (κ3) is 2.90. The number of anilines is 1. The molecule has 3 rings (SSSR count). The van der Waals surface area contributed by atoms with Crippen LogP contribution < -0.4 is 14.8 Å². The summed E-state index contributed by atoms with van der Waals surface area (Å²) in [6, 6.07) is 4.92. The Morgan fingerprint density at radius 3 is 2.67 bits per heavy atom. The molecule has 1 aliphatic heterocycles. The summed E-state index contributed by atoms with van der Waals surface area (Å²) in [6.45, 7) is 3.97. The molecular weight excluding hydrogens is 314 g/mol. The largest absolute Gasteiger partial charge is 0.486 e. The fourth-order valence-corrected chi connectivity index (χ4v) is 2.18. The minimum absolute atomic E-state index is 0.348. The van der Waals surface area contributed by atoms with E-state index >= 15 is 0 Å². The third-order valence-electron chi connectivity index (χ3n) is 3.74. The Balaban J connectivity index is 1.76. The van der Waals surface area contributed by atoms with Gasteiger partial charge >= 0.3 is 5.97 Å². The van der Waals surface area contributed by atoms with Crippen LogP contribution in [0.3, 0.4) is 0 Å². The molecule has 126 valence electrons. The summed E-state index contributed by atoms with van der Waals surface area (Å²) in [5.74, 6) is -0.236. The molecule has 1 aromatic heterocycles. The first-order chi connectivity index (χ1) is 11.4. The Morgan fingerprint density at radius 1 is 1.25 bits per heavy atom. The highest BCUT2D eigenvalue weighted by molar-refractivity contribution is 6.04. The van der Waals surface area contributed by atoms with Gasteiger partial charge in [0.15, 0.2) is 17.0 Å². The summed E-state index contributed by atoms with van der Waals surface area (Å²) in [5, 5.41) is 15.9. The van der Waals surface area contributed by atoms with Crippen molar-refractivity contribution in [2.45, 2.75) is 19.4 Å². The number of hydrogen-bond donors (Lipinski definition) is 2. The second-order valence-electron chi connectivity index (χ2n) is 5.85. The maximum absolute atomic E-state index is 12.3. The number of benzene rings is 1. The van der Waals surface area contributed by atoms with E-state index in [1.165, 1.54) is 30.9 Å². The molecule has 1 aliphatic rings. The van der Waals surface area contributed by atoms with Gasteiger partial charge in [-0.1, -0.05) is 0 Å². The van der Waals surface area contributed by atoms with E-state index in [0.29, 0.717) is 36.0 Å². The van der Waals surface area contributed by atoms with Gasteiger partial charge in [0.1, 0.15) is 13.2 Å². The molecule has 0 spiro atoms. The number of amides is 1. The van der Waals surface area contributed by atoms with Gasteiger partial charge in [-0.3, -0.25) is 9.48 Å². The first kappa shape index (κ1) is 15.9. The number of aromatic nitrogens is 2. The standard InChI is InChI=1S/C16H17N3O5/c1-16(2,15(21)22)19-9-11(8-17-19)18-14(20)10-3-4-12-13(7-10)24-6-5-23-12/h3-4,7-9H,5-6H2,1-2H3,(H,18,20)(H,21,22). The molecule has 24 heavy (non-hydrogen) atoms. The van der Waals surface area contributed by atoms with Gasteiger partial charge in [-0.25, -0.2) is 4.79 Å². The van der Waals surface area contributed by atoms with E-state index in [2.05, 4.69) is 10.4 Å². The molecule has 0 saturated carbocycles. The zero-order valence-electron chi connectivity index (χ0n) is 13.3. The van der Waals surface area contributed by atoms with E-state index in [4.69, 9.17) is 9.47 Å². The molecule has 0 fully saturated rings. The van der Waals surface area contributed by atoms with E-state index in [-0.39, 0.29) is 5.91 Å². The molecule has 0 saturated heterocycles. The number of carbonyl (C=O) groups is 2. The summed E-state index contributed by atoms with van der Waals surface area (Å²) >= 11 is 0. The second kappa shape index (κ2) is 5.88. The van der Waals surface area contributed by atoms with Crippen molar-refractivity contribution in [2.24, 2.45) is 0 Å². The summed E-state index contributed by atoms with van der Waals surface area (Å²) in [5.41, 5.74) is -0.395. The number of ether oxygens (including phenoxy) is 2. The summed E-state index contributed by atoms with van der Waals surface area (Å²) in [7, 11) is 0. The van der Waals surface area contributed by atoms with Crippen molar-refractivity contribution in [1.29, 1.82) is 0 Å². The lowest BCUT2D eigenvalue weighted by Crippen LogP contribution is -2.35. The van der Waals surface area contributed by atoms with Crippen LogP contribution in [0, 0.1) is 0 Å². The minimum atomic E-state index is -1.21. The van der Waals surface area contributed by atoms with E-state index in [1.54, 1.807) is 18.2 Å². The number of carboxylic acid groups (broad SMARTS) is 1. The average Bonchev–Trinajstić information content (AvgIpc) is 3.03. The fourth-order valence-electron chi connectivity index (χ4n) is 2.18. The lowest BCUT2D eigenvalue weighted by molar-refractivity contribution is -0.146. The molecule has 2 heterocycles. The van der Waals surface area contributed by atoms with Crippen molar-refractivity contribution in [1.82, 2.24) is 9.78 Å². The Hall–Kier alpha value is -3.03. The number of nitrogens with zero attached hydrogens (tertiary/aromatic N) is 2. The predicted octanol–water partition coefficient (Wildman–Crippen LogP) is 1.73. The smallest absolute Gasteiger partial charge is 0.331 e. The Morgan fingerprint density at radius 2 is 1.96 bits per heavy atom. The highest BCUT2D eigenvalue weighted by Crippen LogP contribution is 2.31. The highest BCUT2D eigenvalue weighted by atomic mass is 16.6. The molecule has 1 amide bonds. The minimum Gasteiger partial charge on any atom is -0.486 e. The van der Waals surface area contributed by atoms with Crippen molar-refractivity contribution in [3.05, 3.63) is 36.2 Å². The van der Waals surface area contributed by atoms with E-state index in [0.717, 1.165) is 0 Å². The van der Waals surface area contributed by atoms with Crippen LogP contribution in [0.2, 0.25) is 0 Å². The lowest BCUT2D eigenvalue weighted by atomic mass is 10.1. The van der Waals surface area contributed by atoms with Crippen LogP contribution in [0.15, 0.2) is 30.6 Å². The van der Waals surface area contributed by atoms with E-state index in [1.807, 2.05) is 0 Å². The zero-order valence-corrected chi connectivity index (χ0v) is 13.3. The maximum atomic E-state index is 12.3. The number of carbonyl (C=O) groups excluding carboxylic acids is 1. The number of carboxylic acids is 1.